The average molecular weight is 267 g/mol. The van der Waals surface area contributed by atoms with Gasteiger partial charge in [-0.1, -0.05) is 0 Å². The Morgan fingerprint density at radius 1 is 1.16 bits per heavy atom. The molecule has 0 spiro atoms. The van der Waals surface area contributed by atoms with Crippen molar-refractivity contribution in [1.82, 2.24) is 5.32 Å². The third-order valence-corrected chi connectivity index (χ3v) is 2.97. The largest absolute Gasteiger partial charge is 0.493 e. The summed E-state index contributed by atoms with van der Waals surface area (Å²) in [5.41, 5.74) is 1.73. The van der Waals surface area contributed by atoms with Gasteiger partial charge in [-0.2, -0.15) is 0 Å². The van der Waals surface area contributed by atoms with Gasteiger partial charge in [0, 0.05) is 6.54 Å². The van der Waals surface area contributed by atoms with Gasteiger partial charge in [0.05, 0.1) is 19.8 Å². The molecule has 19 heavy (non-hydrogen) atoms. The second kappa shape index (κ2) is 6.78. The first-order valence-electron chi connectivity index (χ1n) is 6.52. The zero-order valence-electron chi connectivity index (χ0n) is 12.5. The SMILES string of the molecule is COc1cc(C)c(CCNCC(C)(C)O)cc1OC. The van der Waals surface area contributed by atoms with E-state index >= 15 is 0 Å². The molecule has 1 aromatic rings. The van der Waals surface area contributed by atoms with Gasteiger partial charge in [-0.05, 0) is 57.0 Å². The Balaban J connectivity index is 2.63. The normalized spacial score (nSPS) is 11.5. The summed E-state index contributed by atoms with van der Waals surface area (Å²) < 4.78 is 10.6. The van der Waals surface area contributed by atoms with Gasteiger partial charge in [-0.25, -0.2) is 0 Å². The van der Waals surface area contributed by atoms with Crippen LogP contribution in [0.5, 0.6) is 11.5 Å². The molecule has 4 heteroatoms. The second-order valence-corrected chi connectivity index (χ2v) is 5.37. The molecule has 1 aromatic carbocycles. The van der Waals surface area contributed by atoms with Crippen molar-refractivity contribution >= 4 is 0 Å². The second-order valence-electron chi connectivity index (χ2n) is 5.37. The highest BCUT2D eigenvalue weighted by Gasteiger charge is 2.12. The molecule has 1 rings (SSSR count). The molecule has 0 heterocycles. The minimum absolute atomic E-state index is 0.583. The first kappa shape index (κ1) is 15.8. The van der Waals surface area contributed by atoms with E-state index in [1.165, 1.54) is 11.1 Å². The lowest BCUT2D eigenvalue weighted by atomic mass is 10.0. The van der Waals surface area contributed by atoms with Gasteiger partial charge in [-0.15, -0.1) is 0 Å². The van der Waals surface area contributed by atoms with Crippen molar-refractivity contribution in [2.45, 2.75) is 32.8 Å². The van der Waals surface area contributed by atoms with Crippen molar-refractivity contribution < 1.29 is 14.6 Å². The molecule has 0 bridgehead atoms. The van der Waals surface area contributed by atoms with E-state index in [9.17, 15) is 5.11 Å². The summed E-state index contributed by atoms with van der Waals surface area (Å²) in [5.74, 6) is 1.51. The molecule has 2 N–H and O–H groups in total. The fourth-order valence-electron chi connectivity index (χ4n) is 1.91. The van der Waals surface area contributed by atoms with Crippen LogP contribution in [0.3, 0.4) is 0 Å². The van der Waals surface area contributed by atoms with E-state index in [-0.39, 0.29) is 0 Å². The molecule has 0 unspecified atom stereocenters. The summed E-state index contributed by atoms with van der Waals surface area (Å²) >= 11 is 0. The summed E-state index contributed by atoms with van der Waals surface area (Å²) in [6.07, 6.45) is 0.891. The Morgan fingerprint density at radius 3 is 2.26 bits per heavy atom. The fourth-order valence-corrected chi connectivity index (χ4v) is 1.91. The number of methoxy groups -OCH3 is 2. The predicted molar refractivity (Wildman–Crippen MR) is 77.2 cm³/mol. The van der Waals surface area contributed by atoms with Crippen LogP contribution in [-0.2, 0) is 6.42 Å². The zero-order chi connectivity index (χ0) is 14.5. The van der Waals surface area contributed by atoms with Crippen molar-refractivity contribution in [1.29, 1.82) is 0 Å². The minimum atomic E-state index is -0.674. The lowest BCUT2D eigenvalue weighted by Gasteiger charge is -2.18. The molecular weight excluding hydrogens is 242 g/mol. The molecule has 0 aliphatic rings. The molecule has 0 radical (unpaired) electrons. The van der Waals surface area contributed by atoms with Crippen molar-refractivity contribution in [3.8, 4) is 11.5 Å². The molecule has 0 atom stereocenters. The molecule has 4 nitrogen and oxygen atoms in total. The molecule has 108 valence electrons. The maximum atomic E-state index is 9.62. The number of rotatable bonds is 7. The number of benzene rings is 1. The summed E-state index contributed by atoms with van der Waals surface area (Å²) in [7, 11) is 3.28. The highest BCUT2D eigenvalue weighted by Crippen LogP contribution is 2.30. The number of aliphatic hydroxyl groups is 1. The van der Waals surface area contributed by atoms with Crippen molar-refractivity contribution in [3.63, 3.8) is 0 Å². The summed E-state index contributed by atoms with van der Waals surface area (Å²) in [4.78, 5) is 0. The smallest absolute Gasteiger partial charge is 0.161 e. The van der Waals surface area contributed by atoms with E-state index in [0.717, 1.165) is 24.5 Å². The van der Waals surface area contributed by atoms with Crippen LogP contribution in [0.2, 0.25) is 0 Å². The van der Waals surface area contributed by atoms with Gasteiger partial charge >= 0.3 is 0 Å². The van der Waals surface area contributed by atoms with Crippen molar-refractivity contribution in [2.24, 2.45) is 0 Å². The topological polar surface area (TPSA) is 50.7 Å². The van der Waals surface area contributed by atoms with Crippen LogP contribution >= 0.6 is 0 Å². The lowest BCUT2D eigenvalue weighted by molar-refractivity contribution is 0.0801. The summed E-state index contributed by atoms with van der Waals surface area (Å²) in [6, 6.07) is 4.00. The average Bonchev–Trinajstić information content (AvgIpc) is 2.34. The first-order chi connectivity index (χ1) is 8.87. The minimum Gasteiger partial charge on any atom is -0.493 e. The van der Waals surface area contributed by atoms with Crippen LogP contribution in [0.4, 0.5) is 0 Å². The van der Waals surface area contributed by atoms with Gasteiger partial charge in [0.1, 0.15) is 0 Å². The number of nitrogens with one attached hydrogen (secondary N) is 1. The lowest BCUT2D eigenvalue weighted by Crippen LogP contribution is -2.35. The molecule has 0 saturated carbocycles. The van der Waals surface area contributed by atoms with Crippen LogP contribution in [0.25, 0.3) is 0 Å². The molecule has 0 saturated heterocycles. The highest BCUT2D eigenvalue weighted by molar-refractivity contribution is 5.47. The van der Waals surface area contributed by atoms with E-state index in [1.807, 2.05) is 12.1 Å². The van der Waals surface area contributed by atoms with Crippen molar-refractivity contribution in [2.75, 3.05) is 27.3 Å². The summed E-state index contributed by atoms with van der Waals surface area (Å²) in [5, 5.41) is 12.9. The number of hydrogen-bond acceptors (Lipinski definition) is 4. The monoisotopic (exact) mass is 267 g/mol. The van der Waals surface area contributed by atoms with E-state index in [2.05, 4.69) is 12.2 Å². The van der Waals surface area contributed by atoms with E-state index in [1.54, 1.807) is 28.1 Å². The van der Waals surface area contributed by atoms with Gasteiger partial charge in [0.2, 0.25) is 0 Å². The third kappa shape index (κ3) is 5.09. The molecule has 0 aliphatic carbocycles. The number of hydrogen-bond donors (Lipinski definition) is 2. The predicted octanol–water partition coefficient (Wildman–Crippen LogP) is 1.92. The Kier molecular flexibility index (Phi) is 5.63. The highest BCUT2D eigenvalue weighted by atomic mass is 16.5. The van der Waals surface area contributed by atoms with E-state index < -0.39 is 5.60 Å². The van der Waals surface area contributed by atoms with Crippen LogP contribution in [0.1, 0.15) is 25.0 Å². The van der Waals surface area contributed by atoms with E-state index in [4.69, 9.17) is 9.47 Å². The fraction of sp³-hybridized carbons (Fsp3) is 0.600. The summed E-state index contributed by atoms with van der Waals surface area (Å²) in [6.45, 7) is 7.05. The molecule has 0 fully saturated rings. The molecular formula is C15H25NO3. The Labute approximate surface area is 115 Å². The Morgan fingerprint density at radius 2 is 1.74 bits per heavy atom. The van der Waals surface area contributed by atoms with Crippen molar-refractivity contribution in [3.05, 3.63) is 23.3 Å². The Bertz CT molecular complexity index is 411. The first-order valence-corrected chi connectivity index (χ1v) is 6.52. The van der Waals surface area contributed by atoms with Crippen LogP contribution in [0.15, 0.2) is 12.1 Å². The standard InChI is InChI=1S/C15H25NO3/c1-11-8-13(18-4)14(19-5)9-12(11)6-7-16-10-15(2,3)17/h8-9,16-17H,6-7,10H2,1-5H3. The molecule has 0 amide bonds. The van der Waals surface area contributed by atoms with Gasteiger partial charge in [0.25, 0.3) is 0 Å². The van der Waals surface area contributed by atoms with Gasteiger partial charge in [-0.3, -0.25) is 0 Å². The van der Waals surface area contributed by atoms with Gasteiger partial charge in [0.15, 0.2) is 11.5 Å². The van der Waals surface area contributed by atoms with Crippen LogP contribution < -0.4 is 14.8 Å². The Hall–Kier alpha value is -1.26. The number of ether oxygens (including phenoxy) is 2. The maximum Gasteiger partial charge on any atom is 0.161 e. The molecule has 0 aliphatic heterocycles. The third-order valence-electron chi connectivity index (χ3n) is 2.97. The quantitative estimate of drug-likeness (QED) is 0.741. The van der Waals surface area contributed by atoms with Gasteiger partial charge < -0.3 is 19.9 Å². The van der Waals surface area contributed by atoms with Crippen LogP contribution in [0, 0.1) is 6.92 Å². The van der Waals surface area contributed by atoms with Crippen LogP contribution in [-0.4, -0.2) is 38.0 Å². The number of aryl methyl sites for hydroxylation is 1. The zero-order valence-corrected chi connectivity index (χ0v) is 12.5. The molecule has 0 aromatic heterocycles. The maximum absolute atomic E-state index is 9.62. The van der Waals surface area contributed by atoms with E-state index in [0.29, 0.717) is 6.54 Å².